The van der Waals surface area contributed by atoms with Crippen LogP contribution in [0.5, 0.6) is 0 Å². The van der Waals surface area contributed by atoms with E-state index >= 15 is 0 Å². The number of unbranched alkanes of at least 4 members (excludes halogenated alkanes) is 32. The van der Waals surface area contributed by atoms with Gasteiger partial charge in [0.1, 0.15) is 30.4 Å². The molecule has 12 unspecified atom stereocenters. The van der Waals surface area contributed by atoms with E-state index in [1.165, 1.54) is 83.5 Å². The molecular weight excluding hydrogens is 1190 g/mol. The van der Waals surface area contributed by atoms with Crippen LogP contribution in [0, 0.1) is 5.92 Å². The number of hydrogen-bond acceptors (Lipinski definition) is 17. The van der Waals surface area contributed by atoms with E-state index in [1.807, 2.05) is 0 Å². The second kappa shape index (κ2) is 52.8. The summed E-state index contributed by atoms with van der Waals surface area (Å²) in [6, 6.07) is -3.02. The van der Waals surface area contributed by atoms with E-state index in [2.05, 4.69) is 33.0 Å². The summed E-state index contributed by atoms with van der Waals surface area (Å²) >= 11 is 0. The van der Waals surface area contributed by atoms with Crippen molar-refractivity contribution in [2.45, 2.75) is 390 Å². The molecule has 2 heterocycles. The number of hydrogen-bond donors (Lipinski definition) is 9. The second-order valence-electron chi connectivity index (χ2n) is 26.5. The lowest BCUT2D eigenvalue weighted by Crippen LogP contribution is -2.65. The zero-order chi connectivity index (χ0) is 67.1. The Morgan fingerprint density at radius 2 is 0.868 bits per heavy atom. The average Bonchev–Trinajstić information content (AvgIpc) is 0.824. The van der Waals surface area contributed by atoms with Crippen LogP contribution < -0.4 is 5.32 Å². The zero-order valence-corrected chi connectivity index (χ0v) is 58.1. The molecule has 0 radical (unpaired) electrons. The molecule has 91 heavy (non-hydrogen) atoms. The summed E-state index contributed by atoms with van der Waals surface area (Å²) in [5.74, 6) is -4.26. The lowest BCUT2D eigenvalue weighted by molar-refractivity contribution is -0.279. The summed E-state index contributed by atoms with van der Waals surface area (Å²) in [7, 11) is -5.56. The van der Waals surface area contributed by atoms with Gasteiger partial charge < -0.3 is 69.4 Å². The maximum absolute atomic E-state index is 14.1. The Morgan fingerprint density at radius 1 is 0.516 bits per heavy atom. The molecule has 2 saturated heterocycles. The molecule has 0 spiro atoms. The number of esters is 2. The van der Waals surface area contributed by atoms with Crippen LogP contribution in [0.3, 0.4) is 0 Å². The molecule has 2 amide bonds. The Morgan fingerprint density at radius 3 is 1.24 bits per heavy atom. The highest BCUT2D eigenvalue weighted by Crippen LogP contribution is 2.40. The van der Waals surface area contributed by atoms with Gasteiger partial charge in [-0.1, -0.05) is 266 Å². The summed E-state index contributed by atoms with van der Waals surface area (Å²) in [5, 5.41) is 70.2. The Balaban J connectivity index is 2.41. The van der Waals surface area contributed by atoms with Crippen LogP contribution in [0.4, 0.5) is 0 Å². The van der Waals surface area contributed by atoms with E-state index < -0.39 is 143 Å². The molecule has 0 aromatic carbocycles. The number of nitrogens with zero attached hydrogens (tertiary/aromatic N) is 1. The fourth-order valence-corrected chi connectivity index (χ4v) is 12.9. The van der Waals surface area contributed by atoms with Gasteiger partial charge in [-0.25, -0.2) is 9.63 Å². The fourth-order valence-electron chi connectivity index (χ4n) is 12.4. The summed E-state index contributed by atoms with van der Waals surface area (Å²) in [6.07, 6.45) is 23.8. The number of hydroxylamine groups is 2. The first-order valence-electron chi connectivity index (χ1n) is 36.4. The topological polar surface area (TPSA) is 318 Å². The largest absolute Gasteiger partial charge is 0.491 e. The molecule has 21 nitrogen and oxygen atoms in total. The van der Waals surface area contributed by atoms with Gasteiger partial charge in [-0.3, -0.25) is 19.2 Å². The van der Waals surface area contributed by atoms with Crippen molar-refractivity contribution in [1.29, 1.82) is 0 Å². The number of carbonyl (C=O) groups is 4. The third-order valence-electron chi connectivity index (χ3n) is 18.0. The van der Waals surface area contributed by atoms with Gasteiger partial charge in [-0.05, 0) is 25.7 Å². The molecule has 13 atom stereocenters. The molecule has 0 aromatic rings. The van der Waals surface area contributed by atoms with E-state index in [9.17, 15) is 64.2 Å². The first-order chi connectivity index (χ1) is 43.8. The van der Waals surface area contributed by atoms with E-state index in [1.54, 1.807) is 6.92 Å². The molecule has 9 N–H and O–H groups in total. The number of carbonyl (C=O) groups excluding carboxylic acids is 4. The monoisotopic (exact) mass is 1320 g/mol. The van der Waals surface area contributed by atoms with Crippen LogP contribution in [0.15, 0.2) is 0 Å². The zero-order valence-electron chi connectivity index (χ0n) is 57.2. The molecular formula is C69H131N2O19P. The number of aliphatic hydroxyl groups is 6. The number of nitrogens with one attached hydrogen (secondary N) is 1. The van der Waals surface area contributed by atoms with Gasteiger partial charge in [0.05, 0.1) is 76.0 Å². The van der Waals surface area contributed by atoms with E-state index in [-0.39, 0.29) is 30.7 Å². The van der Waals surface area contributed by atoms with Crippen molar-refractivity contribution in [3.8, 4) is 0 Å². The van der Waals surface area contributed by atoms with Crippen LogP contribution >= 0.6 is 7.82 Å². The Bertz CT molecular complexity index is 1890. The second-order valence-corrected chi connectivity index (χ2v) is 27.7. The van der Waals surface area contributed by atoms with Gasteiger partial charge in [0, 0.05) is 5.92 Å². The van der Waals surface area contributed by atoms with Crippen molar-refractivity contribution in [2.75, 3.05) is 19.8 Å². The number of ether oxygens (including phenoxy) is 5. The maximum Gasteiger partial charge on any atom is 0.491 e. The van der Waals surface area contributed by atoms with E-state index in [0.717, 1.165) is 122 Å². The normalized spacial score (nSPS) is 22.5. The van der Waals surface area contributed by atoms with Crippen molar-refractivity contribution in [1.82, 2.24) is 10.4 Å². The van der Waals surface area contributed by atoms with Crippen LogP contribution in [0.25, 0.3) is 0 Å². The maximum atomic E-state index is 14.1. The predicted molar refractivity (Wildman–Crippen MR) is 352 cm³/mol. The molecule has 2 rings (SSSR count). The summed E-state index contributed by atoms with van der Waals surface area (Å²) in [4.78, 5) is 75.9. The predicted octanol–water partition coefficient (Wildman–Crippen LogP) is 12.3. The summed E-state index contributed by atoms with van der Waals surface area (Å²) in [6.45, 7) is 8.49. The van der Waals surface area contributed by atoms with Gasteiger partial charge in [0.2, 0.25) is 11.8 Å². The van der Waals surface area contributed by atoms with Crippen molar-refractivity contribution < 1.29 is 92.5 Å². The average molecular weight is 1320 g/mol. The Labute approximate surface area is 548 Å². The quantitative estimate of drug-likeness (QED) is 0.0118. The van der Waals surface area contributed by atoms with Crippen LogP contribution in [-0.4, -0.2) is 162 Å². The highest BCUT2D eigenvalue weighted by atomic mass is 31.2. The number of rotatable bonds is 58. The smallest absolute Gasteiger partial charge is 0.459 e. The van der Waals surface area contributed by atoms with Crippen LogP contribution in [0.2, 0.25) is 0 Å². The van der Waals surface area contributed by atoms with E-state index in [0.29, 0.717) is 38.5 Å². The minimum absolute atomic E-state index is 0.200. The van der Waals surface area contributed by atoms with Crippen LogP contribution in [-0.2, 0) is 52.1 Å². The molecule has 2 fully saturated rings. The molecule has 536 valence electrons. The highest BCUT2D eigenvalue weighted by molar-refractivity contribution is 7.46. The minimum atomic E-state index is -5.56. The first-order valence-corrected chi connectivity index (χ1v) is 38.0. The van der Waals surface area contributed by atoms with Crippen molar-refractivity contribution in [3.63, 3.8) is 0 Å². The van der Waals surface area contributed by atoms with Crippen molar-refractivity contribution in [3.05, 3.63) is 0 Å². The number of amides is 2. The van der Waals surface area contributed by atoms with Gasteiger partial charge in [-0.2, -0.15) is 4.62 Å². The SMILES string of the molecule is CCCCCCCCCCCC(O)CC(=O)NC1C(OCC2OC[C@@H](N(OP(=O)(O)O)C(=O)CC(O)CCCCCCCCCCC)C(OC(=O)CC(O)CCCCCCCCCCC)C2O)OC(CO)C(C)C1OC(=O)CC(O)CCCCCCCCCCC. The Kier molecular flexibility index (Phi) is 49.1. The van der Waals surface area contributed by atoms with Gasteiger partial charge >= 0.3 is 19.8 Å². The number of aliphatic hydroxyl groups excluding tert-OH is 6. The lowest BCUT2D eigenvalue weighted by Gasteiger charge is -2.46. The standard InChI is InChI=1S/C69H131N2O19P/c1-6-10-14-18-22-26-30-34-38-42-54(73)46-61(77)70-65-67(88-63(79)48-56(75)44-40-36-32-28-24-20-16-12-8-3)53(5)59(50-72)87-69(65)86-52-60-66(81)68(89-64(80)49-57(76)45-41-37-33-29-25-21-17-13-9-4)58(51-85-60)71(90-91(82,83)84)62(78)47-55(74)43-39-35-31-27-23-19-15-11-7-2/h53-60,65-69,72-76,81H,6-52H2,1-5H3,(H,70,77)(H2,82,83,84)/t53?,54?,55?,56?,57?,58-,59?,60?,65?,66?,67?,68?,69?/m1/s1. The van der Waals surface area contributed by atoms with Crippen molar-refractivity contribution in [2.24, 2.45) is 5.92 Å². The minimum Gasteiger partial charge on any atom is -0.459 e. The number of phosphoric acid groups is 1. The van der Waals surface area contributed by atoms with E-state index in [4.69, 9.17) is 28.3 Å². The van der Waals surface area contributed by atoms with Gasteiger partial charge in [-0.15, -0.1) is 0 Å². The molecule has 0 aliphatic carbocycles. The van der Waals surface area contributed by atoms with Gasteiger partial charge in [0.25, 0.3) is 0 Å². The first kappa shape index (κ1) is 84.7. The third kappa shape index (κ3) is 40.1. The lowest BCUT2D eigenvalue weighted by atomic mass is 9.88. The highest BCUT2D eigenvalue weighted by Gasteiger charge is 2.51. The fraction of sp³-hybridized carbons (Fsp3) is 0.942. The molecule has 0 saturated carbocycles. The third-order valence-corrected chi connectivity index (χ3v) is 18.4. The Hall–Kier alpha value is -2.37. The van der Waals surface area contributed by atoms with Crippen molar-refractivity contribution >= 4 is 31.6 Å². The molecule has 0 bridgehead atoms. The molecule has 2 aliphatic rings. The molecule has 22 heteroatoms. The molecule has 0 aromatic heterocycles. The van der Waals surface area contributed by atoms with Crippen LogP contribution in [0.1, 0.15) is 317 Å². The molecule has 2 aliphatic heterocycles. The van der Waals surface area contributed by atoms with Gasteiger partial charge in [0.15, 0.2) is 12.4 Å². The summed E-state index contributed by atoms with van der Waals surface area (Å²) in [5.41, 5.74) is 0. The summed E-state index contributed by atoms with van der Waals surface area (Å²) < 4.78 is 48.2.